The van der Waals surface area contributed by atoms with Crippen molar-refractivity contribution in [2.75, 3.05) is 5.32 Å². The molecule has 10 heteroatoms. The van der Waals surface area contributed by atoms with Crippen molar-refractivity contribution in [3.63, 3.8) is 0 Å². The van der Waals surface area contributed by atoms with Gasteiger partial charge in [0.2, 0.25) is 0 Å². The first-order chi connectivity index (χ1) is 11.1. The quantitative estimate of drug-likeness (QED) is 0.591. The number of nitrogens with one attached hydrogen (secondary N) is 1. The Kier molecular flexibility index (Phi) is 5.00. The van der Waals surface area contributed by atoms with Gasteiger partial charge in [0, 0.05) is 11.1 Å². The second-order valence-corrected chi connectivity index (χ2v) is 5.41. The van der Waals surface area contributed by atoms with Gasteiger partial charge in [-0.15, -0.1) is 0 Å². The van der Waals surface area contributed by atoms with Crippen LogP contribution in [0.2, 0.25) is 10.0 Å². The lowest BCUT2D eigenvalue weighted by molar-refractivity contribution is -0.385. The van der Waals surface area contributed by atoms with Crippen LogP contribution in [0.5, 0.6) is 0 Å². The molecular formula is C14H7Cl2F3N2O3. The fourth-order valence-electron chi connectivity index (χ4n) is 1.83. The van der Waals surface area contributed by atoms with E-state index in [0.717, 1.165) is 24.3 Å². The molecule has 0 aliphatic rings. The molecule has 0 spiro atoms. The largest absolute Gasteiger partial charge is 0.416 e. The highest BCUT2D eigenvalue weighted by atomic mass is 35.5. The summed E-state index contributed by atoms with van der Waals surface area (Å²) in [4.78, 5) is 22.3. The highest BCUT2D eigenvalue weighted by molar-refractivity contribution is 6.34. The van der Waals surface area contributed by atoms with E-state index in [0.29, 0.717) is 6.07 Å². The molecule has 0 fully saturated rings. The van der Waals surface area contributed by atoms with Gasteiger partial charge in [0.25, 0.3) is 11.6 Å². The fourth-order valence-corrected chi connectivity index (χ4v) is 2.23. The first-order valence-electron chi connectivity index (χ1n) is 6.21. The molecule has 0 saturated carbocycles. The van der Waals surface area contributed by atoms with E-state index in [9.17, 15) is 28.1 Å². The Morgan fingerprint density at radius 3 is 2.33 bits per heavy atom. The van der Waals surface area contributed by atoms with E-state index in [-0.39, 0.29) is 21.3 Å². The van der Waals surface area contributed by atoms with Crippen molar-refractivity contribution in [2.24, 2.45) is 0 Å². The summed E-state index contributed by atoms with van der Waals surface area (Å²) in [6.07, 6.45) is -4.59. The van der Waals surface area contributed by atoms with Gasteiger partial charge in [-0.25, -0.2) is 0 Å². The number of rotatable bonds is 3. The number of anilines is 1. The molecule has 0 bridgehead atoms. The van der Waals surface area contributed by atoms with Crippen molar-refractivity contribution < 1.29 is 22.9 Å². The number of halogens is 5. The Bertz CT molecular complexity index is 825. The highest BCUT2D eigenvalue weighted by Crippen LogP contribution is 2.34. The average molecular weight is 379 g/mol. The normalized spacial score (nSPS) is 11.2. The second kappa shape index (κ2) is 6.66. The van der Waals surface area contributed by atoms with Crippen LogP contribution in [0.15, 0.2) is 36.4 Å². The second-order valence-electron chi connectivity index (χ2n) is 4.57. The van der Waals surface area contributed by atoms with E-state index in [4.69, 9.17) is 23.2 Å². The molecule has 1 N–H and O–H groups in total. The number of alkyl halides is 3. The van der Waals surface area contributed by atoms with Crippen molar-refractivity contribution in [2.45, 2.75) is 6.18 Å². The fraction of sp³-hybridized carbons (Fsp3) is 0.0714. The predicted molar refractivity (Wildman–Crippen MR) is 82.5 cm³/mol. The lowest BCUT2D eigenvalue weighted by Crippen LogP contribution is -2.15. The summed E-state index contributed by atoms with van der Waals surface area (Å²) in [5, 5.41) is 12.9. The summed E-state index contributed by atoms with van der Waals surface area (Å²) in [6, 6.07) is 5.69. The van der Waals surface area contributed by atoms with Crippen molar-refractivity contribution in [3.8, 4) is 0 Å². The molecule has 0 aromatic heterocycles. The van der Waals surface area contributed by atoms with Crippen LogP contribution in [0.4, 0.5) is 24.5 Å². The minimum atomic E-state index is -4.59. The SMILES string of the molecule is O=C(Nc1ccc(C(F)(F)F)cc1Cl)c1cc(Cl)ccc1[N+](=O)[O-]. The van der Waals surface area contributed by atoms with Crippen LogP contribution in [0.25, 0.3) is 0 Å². The van der Waals surface area contributed by atoms with Crippen molar-refractivity contribution >= 4 is 40.5 Å². The number of nitro benzene ring substituents is 1. The average Bonchev–Trinajstić information content (AvgIpc) is 2.47. The Labute approximate surface area is 143 Å². The summed E-state index contributed by atoms with van der Waals surface area (Å²) in [7, 11) is 0. The molecule has 0 heterocycles. The van der Waals surface area contributed by atoms with Crippen LogP contribution in [0, 0.1) is 10.1 Å². The number of hydrogen-bond donors (Lipinski definition) is 1. The summed E-state index contributed by atoms with van der Waals surface area (Å²) in [5.41, 5.74) is -1.95. The number of amides is 1. The molecule has 5 nitrogen and oxygen atoms in total. The van der Waals surface area contributed by atoms with Crippen molar-refractivity contribution in [1.29, 1.82) is 0 Å². The first kappa shape index (κ1) is 18.0. The summed E-state index contributed by atoms with van der Waals surface area (Å²) in [6.45, 7) is 0. The van der Waals surface area contributed by atoms with Crippen LogP contribution in [-0.4, -0.2) is 10.8 Å². The van der Waals surface area contributed by atoms with E-state index in [2.05, 4.69) is 5.32 Å². The van der Waals surface area contributed by atoms with E-state index < -0.39 is 28.3 Å². The molecule has 126 valence electrons. The van der Waals surface area contributed by atoms with Gasteiger partial charge >= 0.3 is 6.18 Å². The Hall–Kier alpha value is -2.32. The van der Waals surface area contributed by atoms with Crippen LogP contribution >= 0.6 is 23.2 Å². The van der Waals surface area contributed by atoms with Gasteiger partial charge in [-0.3, -0.25) is 14.9 Å². The molecular weight excluding hydrogens is 372 g/mol. The third-order valence-electron chi connectivity index (χ3n) is 2.94. The molecule has 0 atom stereocenters. The zero-order chi connectivity index (χ0) is 18.1. The van der Waals surface area contributed by atoms with E-state index in [1.165, 1.54) is 6.07 Å². The molecule has 0 unspecified atom stereocenters. The number of nitrogens with zero attached hydrogens (tertiary/aromatic N) is 1. The van der Waals surface area contributed by atoms with E-state index in [1.54, 1.807) is 0 Å². The van der Waals surface area contributed by atoms with Gasteiger partial charge in [-0.1, -0.05) is 23.2 Å². The maximum absolute atomic E-state index is 12.6. The standard InChI is InChI=1S/C14H7Cl2F3N2O3/c15-8-2-4-12(21(23)24)9(6-8)13(22)20-11-3-1-7(5-10(11)16)14(17,18)19/h1-6H,(H,20,22). The van der Waals surface area contributed by atoms with Crippen LogP contribution < -0.4 is 5.32 Å². The maximum Gasteiger partial charge on any atom is 0.416 e. The smallest absolute Gasteiger partial charge is 0.320 e. The summed E-state index contributed by atoms with van der Waals surface area (Å²) >= 11 is 11.4. The third kappa shape index (κ3) is 3.95. The zero-order valence-electron chi connectivity index (χ0n) is 11.5. The van der Waals surface area contributed by atoms with Gasteiger partial charge in [0.15, 0.2) is 0 Å². The zero-order valence-corrected chi connectivity index (χ0v) is 13.0. The molecule has 0 aliphatic carbocycles. The summed E-state index contributed by atoms with van der Waals surface area (Å²) in [5.74, 6) is -0.925. The number of benzene rings is 2. The van der Waals surface area contributed by atoms with Crippen LogP contribution in [0.3, 0.4) is 0 Å². The minimum Gasteiger partial charge on any atom is -0.320 e. The molecule has 2 rings (SSSR count). The van der Waals surface area contributed by atoms with Crippen molar-refractivity contribution in [1.82, 2.24) is 0 Å². The van der Waals surface area contributed by atoms with Crippen molar-refractivity contribution in [3.05, 3.63) is 67.7 Å². The molecule has 0 radical (unpaired) electrons. The Morgan fingerprint density at radius 2 is 1.79 bits per heavy atom. The van der Waals surface area contributed by atoms with Gasteiger partial charge in [-0.2, -0.15) is 13.2 Å². The molecule has 24 heavy (non-hydrogen) atoms. The van der Waals surface area contributed by atoms with Gasteiger partial charge < -0.3 is 5.32 Å². The predicted octanol–water partition coefficient (Wildman–Crippen LogP) is 5.17. The number of nitro groups is 1. The van der Waals surface area contributed by atoms with E-state index >= 15 is 0 Å². The van der Waals surface area contributed by atoms with Gasteiger partial charge in [0.05, 0.1) is 21.2 Å². The maximum atomic E-state index is 12.6. The number of hydrogen-bond acceptors (Lipinski definition) is 3. The summed E-state index contributed by atoms with van der Waals surface area (Å²) < 4.78 is 37.7. The van der Waals surface area contributed by atoms with Gasteiger partial charge in [0.1, 0.15) is 5.56 Å². The van der Waals surface area contributed by atoms with Crippen LogP contribution in [-0.2, 0) is 6.18 Å². The number of carbonyl (C=O) groups is 1. The topological polar surface area (TPSA) is 72.2 Å². The lowest BCUT2D eigenvalue weighted by atomic mass is 10.1. The Morgan fingerprint density at radius 1 is 1.12 bits per heavy atom. The monoisotopic (exact) mass is 378 g/mol. The third-order valence-corrected chi connectivity index (χ3v) is 3.49. The molecule has 2 aromatic carbocycles. The minimum absolute atomic E-state index is 0.0873. The lowest BCUT2D eigenvalue weighted by Gasteiger charge is -2.11. The number of carbonyl (C=O) groups excluding carboxylic acids is 1. The molecule has 2 aromatic rings. The molecule has 1 amide bonds. The molecule has 0 aliphatic heterocycles. The van der Waals surface area contributed by atoms with E-state index in [1.807, 2.05) is 0 Å². The Balaban J connectivity index is 2.34. The van der Waals surface area contributed by atoms with Crippen LogP contribution in [0.1, 0.15) is 15.9 Å². The molecule has 0 saturated heterocycles. The highest BCUT2D eigenvalue weighted by Gasteiger charge is 2.31. The first-order valence-corrected chi connectivity index (χ1v) is 6.97. The van der Waals surface area contributed by atoms with Gasteiger partial charge in [-0.05, 0) is 30.3 Å².